The average molecular weight is 568 g/mol. The Balaban J connectivity index is 1.21. The van der Waals surface area contributed by atoms with Crippen LogP contribution in [0.1, 0.15) is 60.1 Å². The van der Waals surface area contributed by atoms with Crippen LogP contribution in [0.2, 0.25) is 0 Å². The number of aryl methyl sites for hydroxylation is 1. The van der Waals surface area contributed by atoms with E-state index in [9.17, 15) is 9.59 Å². The molecule has 2 aromatic carbocycles. The number of imidazole rings is 1. The number of nitriles is 1. The number of nitrogens with zero attached hydrogens (tertiary/aromatic N) is 5. The molecule has 0 spiro atoms. The number of benzene rings is 2. The molecule has 5 rings (SSSR count). The topological polar surface area (TPSA) is 106 Å². The molecule has 3 amide bonds. The van der Waals surface area contributed by atoms with Gasteiger partial charge in [0.05, 0.1) is 18.0 Å². The standard InChI is InChI=1S/C33H41N7O2/c1-25-7-9-27(10-8-25)21-38-17-18-40(33(42)37-29-5-3-2-4-6-29)31(23-38)32(41)36-16-15-30-20-35-24-39(30)22-28-13-11-26(19-34)12-14-28/h7-14,20,24,29,31H,2-6,15-18,21-23H2,1H3,(H,36,41)(H,37,42)/t31-/m1/s1. The first-order valence-corrected chi connectivity index (χ1v) is 15.1. The van der Waals surface area contributed by atoms with E-state index in [1.54, 1.807) is 11.2 Å². The largest absolute Gasteiger partial charge is 0.354 e. The Labute approximate surface area is 248 Å². The number of piperazine rings is 1. The van der Waals surface area contributed by atoms with Crippen molar-refractivity contribution in [1.82, 2.24) is 30.0 Å². The van der Waals surface area contributed by atoms with Crippen molar-refractivity contribution in [2.45, 2.75) is 70.6 Å². The Hall–Kier alpha value is -4.16. The first-order chi connectivity index (χ1) is 20.5. The second kappa shape index (κ2) is 14.1. The molecule has 0 bridgehead atoms. The van der Waals surface area contributed by atoms with E-state index >= 15 is 0 Å². The third-order valence-electron chi connectivity index (χ3n) is 8.40. The summed E-state index contributed by atoms with van der Waals surface area (Å²) in [5, 5.41) is 15.4. The van der Waals surface area contributed by atoms with E-state index in [-0.39, 0.29) is 18.0 Å². The van der Waals surface area contributed by atoms with Gasteiger partial charge in [0, 0.05) is 63.6 Å². The molecule has 1 aliphatic heterocycles. The average Bonchev–Trinajstić information content (AvgIpc) is 3.45. The van der Waals surface area contributed by atoms with E-state index < -0.39 is 6.04 Å². The van der Waals surface area contributed by atoms with Gasteiger partial charge < -0.3 is 20.1 Å². The Morgan fingerprint density at radius 3 is 2.43 bits per heavy atom. The zero-order chi connectivity index (χ0) is 29.3. The maximum atomic E-state index is 13.6. The lowest BCUT2D eigenvalue weighted by Crippen LogP contribution is -2.63. The van der Waals surface area contributed by atoms with Gasteiger partial charge in [-0.05, 0) is 43.0 Å². The first kappa shape index (κ1) is 29.3. The minimum absolute atomic E-state index is 0.124. The van der Waals surface area contributed by atoms with Crippen LogP contribution in [0.15, 0.2) is 61.1 Å². The van der Waals surface area contributed by atoms with Gasteiger partial charge in [-0.25, -0.2) is 9.78 Å². The van der Waals surface area contributed by atoms with Gasteiger partial charge in [0.1, 0.15) is 6.04 Å². The van der Waals surface area contributed by atoms with Crippen LogP contribution in [0.5, 0.6) is 0 Å². The smallest absolute Gasteiger partial charge is 0.318 e. The highest BCUT2D eigenvalue weighted by Crippen LogP contribution is 2.20. The van der Waals surface area contributed by atoms with E-state index in [0.29, 0.717) is 38.2 Å². The van der Waals surface area contributed by atoms with E-state index in [1.807, 2.05) is 30.5 Å². The normalized spacial score (nSPS) is 17.9. The summed E-state index contributed by atoms with van der Waals surface area (Å²) in [4.78, 5) is 35.3. The summed E-state index contributed by atoms with van der Waals surface area (Å²) in [5.74, 6) is -0.124. The van der Waals surface area contributed by atoms with Gasteiger partial charge in [-0.15, -0.1) is 0 Å². The van der Waals surface area contributed by atoms with Gasteiger partial charge in [-0.3, -0.25) is 9.69 Å². The predicted octanol–water partition coefficient (Wildman–Crippen LogP) is 4.00. The van der Waals surface area contributed by atoms with Gasteiger partial charge in [0.25, 0.3) is 0 Å². The summed E-state index contributed by atoms with van der Waals surface area (Å²) in [7, 11) is 0. The molecule has 1 aromatic heterocycles. The number of rotatable bonds is 9. The number of hydrogen-bond donors (Lipinski definition) is 2. The van der Waals surface area contributed by atoms with Crippen LogP contribution >= 0.6 is 0 Å². The SMILES string of the molecule is Cc1ccc(CN2CCN(C(=O)NC3CCCCC3)[C@@H](C(=O)NCCc3cncn3Cc3ccc(C#N)cc3)C2)cc1. The molecule has 1 saturated carbocycles. The summed E-state index contributed by atoms with van der Waals surface area (Å²) in [5.41, 5.74) is 5.15. The molecular weight excluding hydrogens is 526 g/mol. The van der Waals surface area contributed by atoms with Gasteiger partial charge in [0.2, 0.25) is 5.91 Å². The van der Waals surface area contributed by atoms with Crippen LogP contribution in [0.3, 0.4) is 0 Å². The van der Waals surface area contributed by atoms with Crippen molar-refractivity contribution in [3.63, 3.8) is 0 Å². The molecule has 2 aliphatic rings. The van der Waals surface area contributed by atoms with Crippen LogP contribution in [-0.4, -0.2) is 69.6 Å². The van der Waals surface area contributed by atoms with Gasteiger partial charge in [-0.2, -0.15) is 5.26 Å². The number of carbonyl (C=O) groups is 2. The third-order valence-corrected chi connectivity index (χ3v) is 8.40. The second-order valence-electron chi connectivity index (χ2n) is 11.6. The summed E-state index contributed by atoms with van der Waals surface area (Å²) in [6.07, 6.45) is 9.75. The molecule has 9 nitrogen and oxygen atoms in total. The van der Waals surface area contributed by atoms with Gasteiger partial charge in [0.15, 0.2) is 0 Å². The molecule has 1 saturated heterocycles. The van der Waals surface area contributed by atoms with Crippen molar-refractivity contribution in [2.24, 2.45) is 0 Å². The molecule has 2 N–H and O–H groups in total. The molecule has 1 aliphatic carbocycles. The number of amides is 3. The number of aromatic nitrogens is 2. The molecule has 42 heavy (non-hydrogen) atoms. The number of hydrogen-bond acceptors (Lipinski definition) is 5. The summed E-state index contributed by atoms with van der Waals surface area (Å²) in [6, 6.07) is 17.7. The van der Waals surface area contributed by atoms with Crippen molar-refractivity contribution in [1.29, 1.82) is 5.26 Å². The maximum Gasteiger partial charge on any atom is 0.318 e. The summed E-state index contributed by atoms with van der Waals surface area (Å²) in [6.45, 7) is 5.65. The predicted molar refractivity (Wildman–Crippen MR) is 162 cm³/mol. The van der Waals surface area contributed by atoms with E-state index in [4.69, 9.17) is 5.26 Å². The lowest BCUT2D eigenvalue weighted by atomic mass is 9.95. The number of carbonyl (C=O) groups excluding carboxylic acids is 2. The minimum Gasteiger partial charge on any atom is -0.354 e. The molecular formula is C33H41N7O2. The Kier molecular flexibility index (Phi) is 9.88. The second-order valence-corrected chi connectivity index (χ2v) is 11.6. The molecule has 1 atom stereocenters. The fraction of sp³-hybridized carbons (Fsp3) is 0.455. The number of urea groups is 1. The van der Waals surface area contributed by atoms with E-state index in [0.717, 1.165) is 50.0 Å². The van der Waals surface area contributed by atoms with Crippen LogP contribution in [0.4, 0.5) is 4.79 Å². The monoisotopic (exact) mass is 567 g/mol. The minimum atomic E-state index is -0.559. The summed E-state index contributed by atoms with van der Waals surface area (Å²) >= 11 is 0. The Bertz CT molecular complexity index is 1370. The molecule has 2 heterocycles. The van der Waals surface area contributed by atoms with Gasteiger partial charge >= 0.3 is 6.03 Å². The van der Waals surface area contributed by atoms with Crippen molar-refractivity contribution < 1.29 is 9.59 Å². The van der Waals surface area contributed by atoms with Crippen molar-refractivity contribution in [2.75, 3.05) is 26.2 Å². The Morgan fingerprint density at radius 2 is 1.69 bits per heavy atom. The molecule has 2 fully saturated rings. The maximum absolute atomic E-state index is 13.6. The van der Waals surface area contributed by atoms with Crippen LogP contribution in [-0.2, 0) is 24.3 Å². The zero-order valence-electron chi connectivity index (χ0n) is 24.5. The highest BCUT2D eigenvalue weighted by molar-refractivity contribution is 5.87. The fourth-order valence-electron chi connectivity index (χ4n) is 5.92. The Morgan fingerprint density at radius 1 is 0.976 bits per heavy atom. The number of nitrogens with one attached hydrogen (secondary N) is 2. The highest BCUT2D eigenvalue weighted by Gasteiger charge is 2.36. The molecule has 3 aromatic rings. The van der Waals surface area contributed by atoms with Gasteiger partial charge in [-0.1, -0.05) is 61.2 Å². The fourth-order valence-corrected chi connectivity index (χ4v) is 5.92. The van der Waals surface area contributed by atoms with Crippen LogP contribution in [0.25, 0.3) is 0 Å². The quantitative estimate of drug-likeness (QED) is 0.407. The van der Waals surface area contributed by atoms with Crippen molar-refractivity contribution in [3.8, 4) is 6.07 Å². The van der Waals surface area contributed by atoms with Crippen molar-refractivity contribution >= 4 is 11.9 Å². The lowest BCUT2D eigenvalue weighted by molar-refractivity contribution is -0.127. The zero-order valence-corrected chi connectivity index (χ0v) is 24.5. The van der Waals surface area contributed by atoms with E-state index in [2.05, 4.69) is 62.3 Å². The van der Waals surface area contributed by atoms with Crippen LogP contribution in [0, 0.1) is 18.3 Å². The molecule has 0 unspecified atom stereocenters. The molecule has 0 radical (unpaired) electrons. The molecule has 9 heteroatoms. The lowest BCUT2D eigenvalue weighted by Gasteiger charge is -2.41. The molecule has 220 valence electrons. The highest BCUT2D eigenvalue weighted by atomic mass is 16.2. The third kappa shape index (κ3) is 7.77. The van der Waals surface area contributed by atoms with Crippen molar-refractivity contribution in [3.05, 3.63) is 89.0 Å². The van der Waals surface area contributed by atoms with E-state index in [1.165, 1.54) is 17.5 Å². The van der Waals surface area contributed by atoms with Crippen LogP contribution < -0.4 is 10.6 Å². The first-order valence-electron chi connectivity index (χ1n) is 15.1. The summed E-state index contributed by atoms with van der Waals surface area (Å²) < 4.78 is 2.06.